The summed E-state index contributed by atoms with van der Waals surface area (Å²) in [4.78, 5) is 28.3. The number of piperidine rings is 1. The number of halogens is 1. The molecule has 10 heteroatoms. The van der Waals surface area contributed by atoms with Crippen LogP contribution in [0.3, 0.4) is 0 Å². The van der Waals surface area contributed by atoms with Gasteiger partial charge in [0.2, 0.25) is 0 Å². The molecule has 0 saturated carbocycles. The number of anilines is 3. The van der Waals surface area contributed by atoms with Gasteiger partial charge in [-0.15, -0.1) is 0 Å². The van der Waals surface area contributed by atoms with Crippen LogP contribution in [0.25, 0.3) is 0 Å². The Labute approximate surface area is 203 Å². The monoisotopic (exact) mass is 487 g/mol. The van der Waals surface area contributed by atoms with E-state index in [2.05, 4.69) is 15.5 Å². The molecule has 0 radical (unpaired) electrons. The summed E-state index contributed by atoms with van der Waals surface area (Å²) in [6.45, 7) is 3.37. The standard InChI is InChI=1S/C23H26ClN5O3S/c24-17-7-6-8-18(21(17)28-13-4-5-14-28)25-23(33)26-22(30)16-9-10-19(20(15-16)29(31)32)27-11-2-1-3-12-27/h6-10,15H,1-5,11-14H2,(H2,25,26,30,33). The number of nitrogens with zero attached hydrogens (tertiary/aromatic N) is 3. The van der Waals surface area contributed by atoms with Crippen molar-refractivity contribution in [3.63, 3.8) is 0 Å². The molecule has 1 amide bonds. The molecule has 0 spiro atoms. The minimum absolute atomic E-state index is 0.0745. The van der Waals surface area contributed by atoms with Crippen LogP contribution in [0, 0.1) is 10.1 Å². The number of hydrogen-bond acceptors (Lipinski definition) is 6. The molecule has 0 aromatic heterocycles. The molecule has 0 aliphatic carbocycles. The molecule has 33 heavy (non-hydrogen) atoms. The third kappa shape index (κ3) is 5.36. The van der Waals surface area contributed by atoms with Gasteiger partial charge in [0.15, 0.2) is 5.11 Å². The number of hydrogen-bond donors (Lipinski definition) is 2. The highest BCUT2D eigenvalue weighted by Gasteiger charge is 2.24. The van der Waals surface area contributed by atoms with Crippen LogP contribution in [0.2, 0.25) is 5.02 Å². The fourth-order valence-electron chi connectivity index (χ4n) is 4.42. The number of benzene rings is 2. The van der Waals surface area contributed by atoms with E-state index in [0.29, 0.717) is 16.4 Å². The topological polar surface area (TPSA) is 90.8 Å². The van der Waals surface area contributed by atoms with Gasteiger partial charge < -0.3 is 15.1 Å². The van der Waals surface area contributed by atoms with Crippen molar-refractivity contribution in [3.05, 3.63) is 57.1 Å². The molecule has 2 fully saturated rings. The first-order chi connectivity index (χ1) is 15.9. The smallest absolute Gasteiger partial charge is 0.293 e. The summed E-state index contributed by atoms with van der Waals surface area (Å²) >= 11 is 11.8. The fourth-order valence-corrected chi connectivity index (χ4v) is 4.92. The Kier molecular flexibility index (Phi) is 7.29. The van der Waals surface area contributed by atoms with Crippen molar-refractivity contribution in [1.82, 2.24) is 5.32 Å². The summed E-state index contributed by atoms with van der Waals surface area (Å²) in [5.41, 5.74) is 2.22. The van der Waals surface area contributed by atoms with Crippen molar-refractivity contribution in [1.29, 1.82) is 0 Å². The number of nitro groups is 1. The Balaban J connectivity index is 1.48. The highest BCUT2D eigenvalue weighted by Crippen LogP contribution is 2.36. The van der Waals surface area contributed by atoms with Crippen molar-refractivity contribution in [2.75, 3.05) is 41.3 Å². The van der Waals surface area contributed by atoms with E-state index in [1.165, 1.54) is 6.07 Å². The van der Waals surface area contributed by atoms with E-state index in [1.54, 1.807) is 12.1 Å². The van der Waals surface area contributed by atoms with Crippen molar-refractivity contribution in [3.8, 4) is 0 Å². The average Bonchev–Trinajstić information content (AvgIpc) is 3.33. The van der Waals surface area contributed by atoms with Crippen molar-refractivity contribution in [2.45, 2.75) is 32.1 Å². The fraction of sp³-hybridized carbons (Fsp3) is 0.391. The number of nitrogens with one attached hydrogen (secondary N) is 2. The van der Waals surface area contributed by atoms with Gasteiger partial charge in [-0.2, -0.15) is 0 Å². The third-order valence-electron chi connectivity index (χ3n) is 6.02. The van der Waals surface area contributed by atoms with E-state index in [4.69, 9.17) is 23.8 Å². The largest absolute Gasteiger partial charge is 0.369 e. The number of rotatable bonds is 5. The number of para-hydroxylation sites is 1. The number of carbonyl (C=O) groups is 1. The molecular weight excluding hydrogens is 462 g/mol. The Hall–Kier alpha value is -2.91. The molecule has 2 N–H and O–H groups in total. The highest BCUT2D eigenvalue weighted by atomic mass is 35.5. The zero-order valence-corrected chi connectivity index (χ0v) is 19.8. The maximum absolute atomic E-state index is 12.8. The third-order valence-corrected chi connectivity index (χ3v) is 6.52. The molecule has 2 aromatic carbocycles. The lowest BCUT2D eigenvalue weighted by atomic mass is 10.1. The van der Waals surface area contributed by atoms with Crippen LogP contribution in [-0.2, 0) is 0 Å². The molecule has 8 nitrogen and oxygen atoms in total. The minimum atomic E-state index is -0.509. The van der Waals surface area contributed by atoms with E-state index in [1.807, 2.05) is 23.1 Å². The summed E-state index contributed by atoms with van der Waals surface area (Å²) in [5, 5.41) is 18.1. The summed E-state index contributed by atoms with van der Waals surface area (Å²) in [7, 11) is 0. The Morgan fingerprint density at radius 1 is 1.00 bits per heavy atom. The molecule has 2 aromatic rings. The molecule has 0 atom stereocenters. The normalized spacial score (nSPS) is 15.9. The van der Waals surface area contributed by atoms with Gasteiger partial charge in [0, 0.05) is 37.8 Å². The number of carbonyl (C=O) groups excluding carboxylic acids is 1. The van der Waals surface area contributed by atoms with Crippen LogP contribution < -0.4 is 20.4 Å². The lowest BCUT2D eigenvalue weighted by Gasteiger charge is -2.28. The predicted octanol–water partition coefficient (Wildman–Crippen LogP) is 4.97. The zero-order valence-electron chi connectivity index (χ0n) is 18.2. The highest BCUT2D eigenvalue weighted by molar-refractivity contribution is 7.80. The van der Waals surface area contributed by atoms with Crippen LogP contribution in [0.4, 0.5) is 22.7 Å². The SMILES string of the molecule is O=C(NC(=S)Nc1cccc(Cl)c1N1CCCC1)c1ccc(N2CCCCC2)c([N+](=O)[O-])c1. The number of amides is 1. The van der Waals surface area contributed by atoms with Gasteiger partial charge in [0.1, 0.15) is 5.69 Å². The van der Waals surface area contributed by atoms with Crippen LogP contribution in [0.5, 0.6) is 0 Å². The zero-order chi connectivity index (χ0) is 23.4. The van der Waals surface area contributed by atoms with E-state index in [0.717, 1.165) is 64.0 Å². The Bertz CT molecular complexity index is 1070. The molecule has 2 aliphatic rings. The van der Waals surface area contributed by atoms with E-state index >= 15 is 0 Å². The molecular formula is C23H26ClN5O3S. The van der Waals surface area contributed by atoms with Crippen LogP contribution in [0.1, 0.15) is 42.5 Å². The summed E-state index contributed by atoms with van der Waals surface area (Å²) in [5.74, 6) is -0.509. The van der Waals surface area contributed by atoms with Gasteiger partial charge >= 0.3 is 0 Å². The second-order valence-electron chi connectivity index (χ2n) is 8.25. The van der Waals surface area contributed by atoms with Crippen LogP contribution in [-0.4, -0.2) is 42.1 Å². The van der Waals surface area contributed by atoms with Crippen LogP contribution >= 0.6 is 23.8 Å². The molecule has 2 heterocycles. The van der Waals surface area contributed by atoms with Crippen molar-refractivity contribution >= 4 is 57.6 Å². The number of nitro benzene ring substituents is 1. The molecule has 4 rings (SSSR count). The Morgan fingerprint density at radius 2 is 1.67 bits per heavy atom. The molecule has 2 saturated heterocycles. The maximum atomic E-state index is 12.8. The van der Waals surface area contributed by atoms with Gasteiger partial charge in [0.05, 0.1) is 21.3 Å². The van der Waals surface area contributed by atoms with Crippen molar-refractivity contribution < 1.29 is 9.72 Å². The lowest BCUT2D eigenvalue weighted by Crippen LogP contribution is -2.35. The first kappa shape index (κ1) is 23.3. The Morgan fingerprint density at radius 3 is 2.36 bits per heavy atom. The average molecular weight is 488 g/mol. The maximum Gasteiger partial charge on any atom is 0.293 e. The van der Waals surface area contributed by atoms with E-state index in [9.17, 15) is 14.9 Å². The second kappa shape index (κ2) is 10.4. The molecule has 0 bridgehead atoms. The van der Waals surface area contributed by atoms with Gasteiger partial charge in [0.25, 0.3) is 11.6 Å². The first-order valence-corrected chi connectivity index (χ1v) is 11.9. The molecule has 0 unspecified atom stereocenters. The van der Waals surface area contributed by atoms with Crippen LogP contribution in [0.15, 0.2) is 36.4 Å². The molecule has 2 aliphatic heterocycles. The van der Waals surface area contributed by atoms with Gasteiger partial charge in [-0.25, -0.2) is 0 Å². The summed E-state index contributed by atoms with van der Waals surface area (Å²) in [6.07, 6.45) is 5.32. The predicted molar refractivity (Wildman–Crippen MR) is 136 cm³/mol. The van der Waals surface area contributed by atoms with Gasteiger partial charge in [-0.05, 0) is 68.6 Å². The van der Waals surface area contributed by atoms with E-state index < -0.39 is 10.8 Å². The number of thiocarbonyl (C=S) groups is 1. The second-order valence-corrected chi connectivity index (χ2v) is 9.06. The van der Waals surface area contributed by atoms with Gasteiger partial charge in [-0.3, -0.25) is 20.2 Å². The first-order valence-electron chi connectivity index (χ1n) is 11.1. The van der Waals surface area contributed by atoms with E-state index in [-0.39, 0.29) is 16.4 Å². The molecule has 174 valence electrons. The van der Waals surface area contributed by atoms with Gasteiger partial charge in [-0.1, -0.05) is 17.7 Å². The summed E-state index contributed by atoms with van der Waals surface area (Å²) < 4.78 is 0. The quantitative estimate of drug-likeness (QED) is 0.349. The van der Waals surface area contributed by atoms with Crippen molar-refractivity contribution in [2.24, 2.45) is 0 Å². The minimum Gasteiger partial charge on any atom is -0.369 e. The lowest BCUT2D eigenvalue weighted by molar-refractivity contribution is -0.384. The summed E-state index contributed by atoms with van der Waals surface area (Å²) in [6, 6.07) is 10.1.